The summed E-state index contributed by atoms with van der Waals surface area (Å²) in [5, 5.41) is 9.42. The molecule has 0 aliphatic carbocycles. The second-order valence-corrected chi connectivity index (χ2v) is 4.94. The third kappa shape index (κ3) is 2.00. The normalized spacial score (nSPS) is 22.2. The van der Waals surface area contributed by atoms with Crippen molar-refractivity contribution in [3.63, 3.8) is 0 Å². The maximum absolute atomic E-state index is 11.9. The quantitative estimate of drug-likeness (QED) is 0.633. The van der Waals surface area contributed by atoms with Crippen LogP contribution in [0.1, 0.15) is 18.4 Å². The Labute approximate surface area is 101 Å². The van der Waals surface area contributed by atoms with Crippen LogP contribution in [0.4, 0.5) is 10.5 Å². The zero-order valence-electron chi connectivity index (χ0n) is 9.75. The summed E-state index contributed by atoms with van der Waals surface area (Å²) in [4.78, 5) is 11.9. The van der Waals surface area contributed by atoms with E-state index in [1.807, 2.05) is 18.2 Å². The lowest BCUT2D eigenvalue weighted by Crippen LogP contribution is -2.55. The van der Waals surface area contributed by atoms with E-state index in [0.717, 1.165) is 38.0 Å². The van der Waals surface area contributed by atoms with Crippen molar-refractivity contribution in [3.05, 3.63) is 29.8 Å². The van der Waals surface area contributed by atoms with Crippen LogP contribution in [0.2, 0.25) is 0 Å². The number of rotatable bonds is 0. The molecule has 0 saturated carbocycles. The summed E-state index contributed by atoms with van der Waals surface area (Å²) in [6, 6.07) is 7.99. The molecule has 1 spiro atoms. The molecule has 0 bridgehead atoms. The Kier molecular flexibility index (Phi) is 2.52. The summed E-state index contributed by atoms with van der Waals surface area (Å²) >= 11 is 0. The minimum absolute atomic E-state index is 0.0675. The van der Waals surface area contributed by atoms with Crippen molar-refractivity contribution in [1.29, 1.82) is 0 Å². The smallest absolute Gasteiger partial charge is 0.319 e. The average molecular weight is 231 g/mol. The van der Waals surface area contributed by atoms with Gasteiger partial charge < -0.3 is 16.0 Å². The molecule has 0 radical (unpaired) electrons. The van der Waals surface area contributed by atoms with Crippen molar-refractivity contribution in [1.82, 2.24) is 10.6 Å². The predicted molar refractivity (Wildman–Crippen MR) is 67.1 cm³/mol. The molecule has 17 heavy (non-hydrogen) atoms. The molecular weight excluding hydrogens is 214 g/mol. The third-order valence-corrected chi connectivity index (χ3v) is 3.73. The van der Waals surface area contributed by atoms with Crippen LogP contribution >= 0.6 is 0 Å². The van der Waals surface area contributed by atoms with Gasteiger partial charge in [-0.3, -0.25) is 0 Å². The number of carbonyl (C=O) groups excluding carboxylic acids is 1. The number of hydrogen-bond acceptors (Lipinski definition) is 2. The first kappa shape index (κ1) is 10.6. The molecule has 1 aromatic rings. The van der Waals surface area contributed by atoms with E-state index in [0.29, 0.717) is 0 Å². The average Bonchev–Trinajstić information content (AvgIpc) is 2.45. The number of fused-ring (bicyclic) bond motifs is 1. The fourth-order valence-corrected chi connectivity index (χ4v) is 2.81. The van der Waals surface area contributed by atoms with Crippen molar-refractivity contribution in [2.75, 3.05) is 18.4 Å². The number of benzene rings is 1. The van der Waals surface area contributed by atoms with Gasteiger partial charge in [-0.1, -0.05) is 18.2 Å². The molecule has 2 heterocycles. The fraction of sp³-hybridized carbons (Fsp3) is 0.462. The van der Waals surface area contributed by atoms with Crippen LogP contribution in [-0.4, -0.2) is 24.7 Å². The molecule has 0 aromatic heterocycles. The van der Waals surface area contributed by atoms with Crippen LogP contribution < -0.4 is 16.0 Å². The van der Waals surface area contributed by atoms with Gasteiger partial charge in [-0.15, -0.1) is 0 Å². The van der Waals surface area contributed by atoms with Gasteiger partial charge in [-0.05, 0) is 44.0 Å². The second-order valence-electron chi connectivity index (χ2n) is 4.94. The highest BCUT2D eigenvalue weighted by Crippen LogP contribution is 2.29. The number of anilines is 1. The van der Waals surface area contributed by atoms with Crippen molar-refractivity contribution in [2.45, 2.75) is 24.8 Å². The highest BCUT2D eigenvalue weighted by molar-refractivity contribution is 5.91. The Morgan fingerprint density at radius 3 is 2.71 bits per heavy atom. The van der Waals surface area contributed by atoms with Gasteiger partial charge in [-0.2, -0.15) is 0 Å². The van der Waals surface area contributed by atoms with Crippen LogP contribution in [-0.2, 0) is 6.42 Å². The van der Waals surface area contributed by atoms with E-state index in [9.17, 15) is 4.79 Å². The zero-order valence-corrected chi connectivity index (χ0v) is 9.75. The molecule has 3 N–H and O–H groups in total. The Balaban J connectivity index is 1.96. The Hall–Kier alpha value is -1.55. The summed E-state index contributed by atoms with van der Waals surface area (Å²) < 4.78 is 0. The molecule has 4 nitrogen and oxygen atoms in total. The zero-order chi connectivity index (χ0) is 11.7. The summed E-state index contributed by atoms with van der Waals surface area (Å²) in [5.74, 6) is 0. The van der Waals surface area contributed by atoms with Gasteiger partial charge in [0.2, 0.25) is 0 Å². The Bertz CT molecular complexity index is 438. The van der Waals surface area contributed by atoms with Crippen molar-refractivity contribution in [2.24, 2.45) is 0 Å². The van der Waals surface area contributed by atoms with Crippen molar-refractivity contribution in [3.8, 4) is 0 Å². The molecule has 1 fully saturated rings. The Morgan fingerprint density at radius 1 is 1.12 bits per heavy atom. The topological polar surface area (TPSA) is 53.2 Å². The standard InChI is InChI=1S/C13H17N3O/c17-12-15-11-4-2-1-3-10(11)9-13(16-12)5-7-14-8-6-13/h1-4,14H,5-9H2,(H2,15,16,17). The van der Waals surface area contributed by atoms with E-state index in [-0.39, 0.29) is 11.6 Å². The summed E-state index contributed by atoms with van der Waals surface area (Å²) in [5.41, 5.74) is 2.11. The van der Waals surface area contributed by atoms with E-state index in [2.05, 4.69) is 22.0 Å². The summed E-state index contributed by atoms with van der Waals surface area (Å²) in [6.07, 6.45) is 2.91. The number of amides is 2. The van der Waals surface area contributed by atoms with Gasteiger partial charge in [0.1, 0.15) is 0 Å². The molecule has 90 valence electrons. The minimum atomic E-state index is -0.0724. The SMILES string of the molecule is O=C1Nc2ccccc2CC2(CCNCC2)N1. The molecule has 2 aliphatic rings. The first-order chi connectivity index (χ1) is 8.27. The molecule has 1 saturated heterocycles. The van der Waals surface area contributed by atoms with E-state index in [1.54, 1.807) is 0 Å². The first-order valence-electron chi connectivity index (χ1n) is 6.15. The molecule has 0 atom stereocenters. The Morgan fingerprint density at radius 2 is 1.88 bits per heavy atom. The number of carbonyl (C=O) groups is 1. The largest absolute Gasteiger partial charge is 0.332 e. The number of urea groups is 1. The van der Waals surface area contributed by atoms with Gasteiger partial charge in [0.15, 0.2) is 0 Å². The number of para-hydroxylation sites is 1. The maximum atomic E-state index is 11.9. The number of hydrogen-bond donors (Lipinski definition) is 3. The van der Waals surface area contributed by atoms with Gasteiger partial charge in [0.25, 0.3) is 0 Å². The first-order valence-corrected chi connectivity index (χ1v) is 6.15. The lowest BCUT2D eigenvalue weighted by molar-refractivity contribution is 0.218. The minimum Gasteiger partial charge on any atom is -0.332 e. The van der Waals surface area contributed by atoms with Gasteiger partial charge >= 0.3 is 6.03 Å². The van der Waals surface area contributed by atoms with Crippen LogP contribution in [0.25, 0.3) is 0 Å². The molecule has 0 unspecified atom stereocenters. The highest BCUT2D eigenvalue weighted by Gasteiger charge is 2.36. The highest BCUT2D eigenvalue weighted by atomic mass is 16.2. The van der Waals surface area contributed by atoms with Crippen LogP contribution in [0, 0.1) is 0 Å². The lowest BCUT2D eigenvalue weighted by Gasteiger charge is -2.37. The molecular formula is C13H17N3O. The van der Waals surface area contributed by atoms with Gasteiger partial charge in [0, 0.05) is 11.2 Å². The molecule has 2 amide bonds. The molecule has 2 aliphatic heterocycles. The lowest BCUT2D eigenvalue weighted by atomic mass is 9.82. The van der Waals surface area contributed by atoms with Crippen LogP contribution in [0.5, 0.6) is 0 Å². The van der Waals surface area contributed by atoms with Gasteiger partial charge in [-0.25, -0.2) is 4.79 Å². The molecule has 4 heteroatoms. The van der Waals surface area contributed by atoms with Crippen LogP contribution in [0.15, 0.2) is 24.3 Å². The summed E-state index contributed by atoms with van der Waals surface area (Å²) in [7, 11) is 0. The predicted octanol–water partition coefficient (Wildman–Crippen LogP) is 1.49. The van der Waals surface area contributed by atoms with Gasteiger partial charge in [0.05, 0.1) is 0 Å². The van der Waals surface area contributed by atoms with Crippen molar-refractivity contribution >= 4 is 11.7 Å². The van der Waals surface area contributed by atoms with E-state index >= 15 is 0 Å². The van der Waals surface area contributed by atoms with E-state index < -0.39 is 0 Å². The van der Waals surface area contributed by atoms with E-state index in [1.165, 1.54) is 5.56 Å². The van der Waals surface area contributed by atoms with E-state index in [4.69, 9.17) is 0 Å². The molecule has 1 aromatic carbocycles. The van der Waals surface area contributed by atoms with Crippen molar-refractivity contribution < 1.29 is 4.79 Å². The number of nitrogens with one attached hydrogen (secondary N) is 3. The van der Waals surface area contributed by atoms with Crippen LogP contribution in [0.3, 0.4) is 0 Å². The monoisotopic (exact) mass is 231 g/mol. The third-order valence-electron chi connectivity index (χ3n) is 3.73. The fourth-order valence-electron chi connectivity index (χ4n) is 2.81. The number of piperidine rings is 1. The summed E-state index contributed by atoms with van der Waals surface area (Å²) in [6.45, 7) is 1.95. The molecule has 3 rings (SSSR count). The maximum Gasteiger partial charge on any atom is 0.319 e. The second kappa shape index (κ2) is 4.04.